The van der Waals surface area contributed by atoms with Crippen molar-refractivity contribution in [1.82, 2.24) is 24.1 Å². The van der Waals surface area contributed by atoms with Crippen LogP contribution in [0.3, 0.4) is 0 Å². The fourth-order valence-electron chi connectivity index (χ4n) is 4.88. The molecule has 3 aliphatic rings. The van der Waals surface area contributed by atoms with Crippen molar-refractivity contribution in [2.75, 3.05) is 58.3 Å². The van der Waals surface area contributed by atoms with Crippen molar-refractivity contribution in [2.24, 2.45) is 4.99 Å². The number of hydrogen-bond donors (Lipinski definition) is 1. The molecule has 2 saturated heterocycles. The lowest BCUT2D eigenvalue weighted by molar-refractivity contribution is 0.0482. The molecule has 0 bridgehead atoms. The number of nitriles is 1. The number of rotatable bonds is 6. The summed E-state index contributed by atoms with van der Waals surface area (Å²) >= 11 is 0. The Kier molecular flexibility index (Phi) is 7.34. The monoisotopic (exact) mass is 528 g/mol. The molecule has 3 aliphatic heterocycles. The van der Waals surface area contributed by atoms with Crippen molar-refractivity contribution in [1.29, 1.82) is 5.26 Å². The van der Waals surface area contributed by atoms with Crippen LogP contribution in [0.25, 0.3) is 0 Å². The first-order chi connectivity index (χ1) is 17.9. The number of aliphatic imine (C=N–C) groups is 1. The van der Waals surface area contributed by atoms with E-state index in [4.69, 9.17) is 4.74 Å². The Labute approximate surface area is 215 Å². The third-order valence-corrected chi connectivity index (χ3v) is 8.89. The van der Waals surface area contributed by atoms with Crippen molar-refractivity contribution in [2.45, 2.75) is 29.8 Å². The van der Waals surface area contributed by atoms with Gasteiger partial charge in [-0.05, 0) is 44.2 Å². The Bertz CT molecular complexity index is 1300. The quantitative estimate of drug-likeness (QED) is 0.597. The lowest BCUT2D eigenvalue weighted by atomic mass is 10.0. The second-order valence-corrected chi connectivity index (χ2v) is 11.3. The number of amidine groups is 1. The summed E-state index contributed by atoms with van der Waals surface area (Å²) in [7, 11) is -1.61. The van der Waals surface area contributed by atoms with Gasteiger partial charge in [-0.1, -0.05) is 0 Å². The molecule has 1 N–H and O–H groups in total. The van der Waals surface area contributed by atoms with E-state index >= 15 is 0 Å². The van der Waals surface area contributed by atoms with Crippen LogP contribution in [-0.2, 0) is 14.8 Å². The van der Waals surface area contributed by atoms with Crippen molar-refractivity contribution in [3.63, 3.8) is 0 Å². The van der Waals surface area contributed by atoms with E-state index in [1.807, 2.05) is 11.9 Å². The highest BCUT2D eigenvalue weighted by Crippen LogP contribution is 2.33. The van der Waals surface area contributed by atoms with Crippen molar-refractivity contribution < 1.29 is 17.5 Å². The van der Waals surface area contributed by atoms with Gasteiger partial charge in [-0.25, -0.2) is 22.8 Å². The first-order valence-corrected chi connectivity index (χ1v) is 13.7. The minimum Gasteiger partial charge on any atom is -0.381 e. The lowest BCUT2D eigenvalue weighted by Crippen LogP contribution is -2.46. The molecule has 0 aliphatic carbocycles. The van der Waals surface area contributed by atoms with Crippen LogP contribution < -0.4 is 5.32 Å². The van der Waals surface area contributed by atoms with Crippen LogP contribution in [0.15, 0.2) is 40.4 Å². The van der Waals surface area contributed by atoms with Crippen LogP contribution in [0.4, 0.5) is 16.0 Å². The van der Waals surface area contributed by atoms with Crippen molar-refractivity contribution >= 4 is 27.5 Å². The summed E-state index contributed by atoms with van der Waals surface area (Å²) in [6, 6.07) is 7.97. The van der Waals surface area contributed by atoms with Crippen LogP contribution in [-0.4, -0.2) is 97.4 Å². The van der Waals surface area contributed by atoms with Crippen LogP contribution in [0.2, 0.25) is 0 Å². The standard InChI is InChI=1S/C24H29FN8O3S/c1-31-8-10-32(11-9-31)37(34,35)19-4-2-17(3-5-19)29-24-28-15-20(25)23(30-24)21-16-27-22(14-26)33(21)18-6-12-36-13-7-18/h2-5,15,18,21H,6-13,16H2,1H3,(H,28,29,30). The van der Waals surface area contributed by atoms with E-state index in [1.54, 1.807) is 12.1 Å². The highest BCUT2D eigenvalue weighted by atomic mass is 32.2. The molecule has 2 fully saturated rings. The van der Waals surface area contributed by atoms with E-state index in [9.17, 15) is 18.1 Å². The van der Waals surface area contributed by atoms with Crippen molar-refractivity contribution in [3.8, 4) is 6.07 Å². The smallest absolute Gasteiger partial charge is 0.243 e. The van der Waals surface area contributed by atoms with E-state index in [1.165, 1.54) is 16.4 Å². The van der Waals surface area contributed by atoms with Gasteiger partial charge in [0.05, 0.1) is 23.7 Å². The predicted molar refractivity (Wildman–Crippen MR) is 134 cm³/mol. The van der Waals surface area contributed by atoms with Gasteiger partial charge in [0.2, 0.25) is 21.8 Å². The molecule has 1 unspecified atom stereocenters. The summed E-state index contributed by atoms with van der Waals surface area (Å²) in [6.07, 6.45) is 2.54. The average molecular weight is 529 g/mol. The number of piperazine rings is 1. The highest BCUT2D eigenvalue weighted by molar-refractivity contribution is 7.89. The molecule has 1 aromatic carbocycles. The highest BCUT2D eigenvalue weighted by Gasteiger charge is 2.38. The van der Waals surface area contributed by atoms with E-state index < -0.39 is 21.9 Å². The molecule has 2 aromatic rings. The molecule has 0 amide bonds. The van der Waals surface area contributed by atoms with E-state index in [0.29, 0.717) is 45.1 Å². The Balaban J connectivity index is 1.33. The summed E-state index contributed by atoms with van der Waals surface area (Å²) in [4.78, 5) is 17.0. The SMILES string of the molecule is CN1CCN(S(=O)(=O)c2ccc(Nc3ncc(F)c(C4CN=C(C#N)N4C4CCOCC4)n3)cc2)CC1. The lowest BCUT2D eigenvalue weighted by Gasteiger charge is -2.36. The zero-order chi connectivity index (χ0) is 26.0. The van der Waals surface area contributed by atoms with E-state index in [0.717, 1.165) is 19.0 Å². The van der Waals surface area contributed by atoms with Crippen LogP contribution in [0.5, 0.6) is 0 Å². The Morgan fingerprint density at radius 3 is 2.51 bits per heavy atom. The Hall–Kier alpha value is -3.18. The normalized spacial score (nSPS) is 22.0. The number of nitrogens with one attached hydrogen (secondary N) is 1. The van der Waals surface area contributed by atoms with Gasteiger partial charge in [0, 0.05) is 51.1 Å². The first-order valence-electron chi connectivity index (χ1n) is 12.3. The number of aromatic nitrogens is 2. The number of anilines is 2. The zero-order valence-electron chi connectivity index (χ0n) is 20.5. The zero-order valence-corrected chi connectivity index (χ0v) is 21.4. The number of likely N-dealkylation sites (N-methyl/N-ethyl adjacent to an activating group) is 1. The molecule has 13 heteroatoms. The topological polar surface area (TPSA) is 127 Å². The Morgan fingerprint density at radius 2 is 1.84 bits per heavy atom. The van der Waals surface area contributed by atoms with Crippen LogP contribution in [0, 0.1) is 17.1 Å². The number of nitrogens with zero attached hydrogens (tertiary/aromatic N) is 7. The third kappa shape index (κ3) is 5.28. The summed E-state index contributed by atoms with van der Waals surface area (Å²) in [5.41, 5.74) is 0.726. The minimum absolute atomic E-state index is 0.0141. The first kappa shape index (κ1) is 25.5. The Morgan fingerprint density at radius 1 is 1.14 bits per heavy atom. The van der Waals surface area contributed by atoms with Gasteiger partial charge in [0.15, 0.2) is 5.82 Å². The molecule has 0 spiro atoms. The third-order valence-electron chi connectivity index (χ3n) is 6.98. The molecule has 1 atom stereocenters. The molecular formula is C24H29FN8O3S. The maximum Gasteiger partial charge on any atom is 0.243 e. The molecule has 0 saturated carbocycles. The van der Waals surface area contributed by atoms with Gasteiger partial charge in [0.25, 0.3) is 0 Å². The molecule has 37 heavy (non-hydrogen) atoms. The molecule has 11 nitrogen and oxygen atoms in total. The molecular weight excluding hydrogens is 499 g/mol. The summed E-state index contributed by atoms with van der Waals surface area (Å²) in [6.45, 7) is 3.67. The van der Waals surface area contributed by atoms with Gasteiger partial charge < -0.3 is 19.9 Å². The maximum absolute atomic E-state index is 14.9. The molecule has 4 heterocycles. The van der Waals surface area contributed by atoms with Gasteiger partial charge in [-0.2, -0.15) is 9.57 Å². The van der Waals surface area contributed by atoms with Gasteiger partial charge in [-0.15, -0.1) is 0 Å². The number of halogens is 1. The molecule has 0 radical (unpaired) electrons. The predicted octanol–water partition coefficient (Wildman–Crippen LogP) is 1.75. The minimum atomic E-state index is -3.58. The number of sulfonamides is 1. The van der Waals surface area contributed by atoms with Gasteiger partial charge >= 0.3 is 0 Å². The number of benzene rings is 1. The molecule has 1 aromatic heterocycles. The van der Waals surface area contributed by atoms with Crippen LogP contribution in [0.1, 0.15) is 24.6 Å². The second kappa shape index (κ2) is 10.7. The van der Waals surface area contributed by atoms with Gasteiger partial charge in [0.1, 0.15) is 11.8 Å². The average Bonchev–Trinajstić information content (AvgIpc) is 3.35. The van der Waals surface area contributed by atoms with Crippen LogP contribution >= 0.6 is 0 Å². The van der Waals surface area contributed by atoms with Crippen molar-refractivity contribution in [3.05, 3.63) is 42.0 Å². The maximum atomic E-state index is 14.9. The fraction of sp³-hybridized carbons (Fsp3) is 0.500. The largest absolute Gasteiger partial charge is 0.381 e. The molecule has 196 valence electrons. The summed E-state index contributed by atoms with van der Waals surface area (Å²) in [5.74, 6) is -0.124. The summed E-state index contributed by atoms with van der Waals surface area (Å²) < 4.78 is 47.8. The summed E-state index contributed by atoms with van der Waals surface area (Å²) in [5, 5.41) is 12.6. The second-order valence-electron chi connectivity index (χ2n) is 9.33. The molecule has 5 rings (SSSR count). The number of ether oxygens (including phenoxy) is 1. The fourth-order valence-corrected chi connectivity index (χ4v) is 6.31. The van der Waals surface area contributed by atoms with E-state index in [2.05, 4.69) is 31.2 Å². The van der Waals surface area contributed by atoms with E-state index in [-0.39, 0.29) is 35.0 Å². The number of hydrogen-bond acceptors (Lipinski definition) is 10. The van der Waals surface area contributed by atoms with Gasteiger partial charge in [-0.3, -0.25) is 4.99 Å².